The molecule has 0 aliphatic heterocycles. The van der Waals surface area contributed by atoms with E-state index in [0.29, 0.717) is 12.5 Å². The van der Waals surface area contributed by atoms with Crippen LogP contribution in [-0.4, -0.2) is 11.1 Å². The molecular weight excluding hydrogens is 135 g/mol. The highest BCUT2D eigenvalue weighted by Crippen LogP contribution is 2.14. The first-order valence-electron chi connectivity index (χ1n) is 3.18. The van der Waals surface area contributed by atoms with Crippen LogP contribution in [0, 0.1) is 5.92 Å². The highest BCUT2D eigenvalue weighted by Gasteiger charge is 2.06. The number of carboxylic acids is 1. The molecule has 0 rings (SSSR count). The lowest BCUT2D eigenvalue weighted by Crippen LogP contribution is -1.96. The molecule has 0 aromatic heterocycles. The molecule has 0 saturated heterocycles. The maximum absolute atomic E-state index is 12.5. The molecule has 0 saturated carbocycles. The number of allylic oxidation sites excluding steroid dienone is 1. The summed E-state index contributed by atoms with van der Waals surface area (Å²) in [5.41, 5.74) is 0. The number of carbonyl (C=O) groups is 1. The minimum Gasteiger partial charge on any atom is -0.478 e. The van der Waals surface area contributed by atoms with Gasteiger partial charge in [-0.1, -0.05) is 13.8 Å². The van der Waals surface area contributed by atoms with Crippen LogP contribution in [0.15, 0.2) is 11.9 Å². The van der Waals surface area contributed by atoms with Crippen molar-refractivity contribution in [2.45, 2.75) is 20.3 Å². The average Bonchev–Trinajstić information content (AvgIpc) is 1.85. The van der Waals surface area contributed by atoms with E-state index in [1.54, 1.807) is 13.8 Å². The summed E-state index contributed by atoms with van der Waals surface area (Å²) in [6.07, 6.45) is 1.23. The van der Waals surface area contributed by atoms with E-state index in [-0.39, 0.29) is 5.92 Å². The van der Waals surface area contributed by atoms with Crippen LogP contribution in [0.5, 0.6) is 0 Å². The minimum atomic E-state index is -1.22. The van der Waals surface area contributed by atoms with Gasteiger partial charge < -0.3 is 5.11 Å². The van der Waals surface area contributed by atoms with E-state index in [4.69, 9.17) is 5.11 Å². The third kappa shape index (κ3) is 3.22. The highest BCUT2D eigenvalue weighted by atomic mass is 19.1. The van der Waals surface area contributed by atoms with E-state index < -0.39 is 11.8 Å². The summed E-state index contributed by atoms with van der Waals surface area (Å²) in [7, 11) is 0. The summed E-state index contributed by atoms with van der Waals surface area (Å²) >= 11 is 0. The summed E-state index contributed by atoms with van der Waals surface area (Å²) in [6, 6.07) is 0. The average molecular weight is 146 g/mol. The molecule has 2 nitrogen and oxygen atoms in total. The van der Waals surface area contributed by atoms with Crippen LogP contribution in [-0.2, 0) is 4.79 Å². The van der Waals surface area contributed by atoms with E-state index >= 15 is 0 Å². The highest BCUT2D eigenvalue weighted by molar-refractivity contribution is 5.80. The van der Waals surface area contributed by atoms with Crippen molar-refractivity contribution < 1.29 is 14.3 Å². The maximum atomic E-state index is 12.5. The Labute approximate surface area is 59.4 Å². The maximum Gasteiger partial charge on any atom is 0.330 e. The van der Waals surface area contributed by atoms with Gasteiger partial charge in [0.05, 0.1) is 6.08 Å². The zero-order valence-electron chi connectivity index (χ0n) is 6.10. The third-order valence-electron chi connectivity index (χ3n) is 1.34. The van der Waals surface area contributed by atoms with Crippen molar-refractivity contribution >= 4 is 5.97 Å². The van der Waals surface area contributed by atoms with Gasteiger partial charge in [-0.3, -0.25) is 0 Å². The van der Waals surface area contributed by atoms with Crippen LogP contribution < -0.4 is 0 Å². The minimum absolute atomic E-state index is 0.281. The number of rotatable bonds is 3. The molecule has 58 valence electrons. The van der Waals surface area contributed by atoms with Gasteiger partial charge in [0.2, 0.25) is 0 Å². The molecule has 0 fully saturated rings. The second-order valence-corrected chi connectivity index (χ2v) is 2.18. The van der Waals surface area contributed by atoms with Gasteiger partial charge in [-0.2, -0.15) is 0 Å². The van der Waals surface area contributed by atoms with Gasteiger partial charge in [0.15, 0.2) is 0 Å². The van der Waals surface area contributed by atoms with Gasteiger partial charge in [-0.25, -0.2) is 9.18 Å². The standard InChI is InChI=1S/C7H11FO2/c1-3-5(2)6(8)4-7(9)10/h4-5H,3H2,1-2H3,(H,9,10). The molecule has 10 heavy (non-hydrogen) atoms. The molecule has 1 unspecified atom stereocenters. The first kappa shape index (κ1) is 9.14. The van der Waals surface area contributed by atoms with Crippen LogP contribution in [0.1, 0.15) is 20.3 Å². The number of hydrogen-bond donors (Lipinski definition) is 1. The molecule has 3 heteroatoms. The monoisotopic (exact) mass is 146 g/mol. The first-order chi connectivity index (χ1) is 4.57. The van der Waals surface area contributed by atoms with Gasteiger partial charge in [-0.15, -0.1) is 0 Å². The predicted molar refractivity (Wildman–Crippen MR) is 36.3 cm³/mol. The topological polar surface area (TPSA) is 37.3 Å². The summed E-state index contributed by atoms with van der Waals surface area (Å²) in [6.45, 7) is 3.45. The van der Waals surface area contributed by atoms with Gasteiger partial charge >= 0.3 is 5.97 Å². The molecule has 0 bridgehead atoms. The predicted octanol–water partition coefficient (Wildman–Crippen LogP) is 1.97. The van der Waals surface area contributed by atoms with Gasteiger partial charge in [0, 0.05) is 5.92 Å². The van der Waals surface area contributed by atoms with E-state index in [0.717, 1.165) is 0 Å². The number of carboxylic acid groups (broad SMARTS) is 1. The van der Waals surface area contributed by atoms with Crippen molar-refractivity contribution in [3.05, 3.63) is 11.9 Å². The van der Waals surface area contributed by atoms with Crippen LogP contribution in [0.2, 0.25) is 0 Å². The lowest BCUT2D eigenvalue weighted by molar-refractivity contribution is -0.131. The van der Waals surface area contributed by atoms with E-state index in [2.05, 4.69) is 0 Å². The Morgan fingerprint density at radius 1 is 1.80 bits per heavy atom. The first-order valence-corrected chi connectivity index (χ1v) is 3.18. The zero-order valence-corrected chi connectivity index (χ0v) is 6.10. The zero-order chi connectivity index (χ0) is 8.15. The summed E-state index contributed by atoms with van der Waals surface area (Å²) < 4.78 is 12.5. The summed E-state index contributed by atoms with van der Waals surface area (Å²) in [4.78, 5) is 9.91. The fraction of sp³-hybridized carbons (Fsp3) is 0.571. The Morgan fingerprint density at radius 2 is 2.30 bits per heavy atom. The SMILES string of the molecule is CCC(C)C(F)=CC(=O)O. The normalized spacial score (nSPS) is 14.9. The Kier molecular flexibility index (Phi) is 3.69. The fourth-order valence-electron chi connectivity index (χ4n) is 0.455. The van der Waals surface area contributed by atoms with Crippen molar-refractivity contribution in [2.24, 2.45) is 5.92 Å². The number of hydrogen-bond acceptors (Lipinski definition) is 1. The molecule has 1 N–H and O–H groups in total. The Morgan fingerprint density at radius 3 is 2.60 bits per heavy atom. The van der Waals surface area contributed by atoms with Gasteiger partial charge in [-0.05, 0) is 6.42 Å². The molecule has 0 aliphatic rings. The van der Waals surface area contributed by atoms with Crippen molar-refractivity contribution in [3.63, 3.8) is 0 Å². The van der Waals surface area contributed by atoms with Crippen molar-refractivity contribution in [2.75, 3.05) is 0 Å². The molecular formula is C7H11FO2. The van der Waals surface area contributed by atoms with Gasteiger partial charge in [0.1, 0.15) is 5.83 Å². The molecule has 0 radical (unpaired) electrons. The molecule has 0 aromatic carbocycles. The Hall–Kier alpha value is -0.860. The Balaban J connectivity index is 4.04. The lowest BCUT2D eigenvalue weighted by Gasteiger charge is -2.02. The largest absolute Gasteiger partial charge is 0.478 e. The van der Waals surface area contributed by atoms with Gasteiger partial charge in [0.25, 0.3) is 0 Å². The van der Waals surface area contributed by atoms with E-state index in [1.807, 2.05) is 0 Å². The van der Waals surface area contributed by atoms with Crippen molar-refractivity contribution in [1.29, 1.82) is 0 Å². The molecule has 0 aromatic rings. The van der Waals surface area contributed by atoms with Crippen LogP contribution in [0.4, 0.5) is 4.39 Å². The second kappa shape index (κ2) is 4.04. The molecule has 0 aliphatic carbocycles. The molecule has 0 heterocycles. The lowest BCUT2D eigenvalue weighted by atomic mass is 10.1. The fourth-order valence-corrected chi connectivity index (χ4v) is 0.455. The second-order valence-electron chi connectivity index (χ2n) is 2.18. The van der Waals surface area contributed by atoms with Crippen LogP contribution in [0.3, 0.4) is 0 Å². The number of halogens is 1. The smallest absolute Gasteiger partial charge is 0.330 e. The summed E-state index contributed by atoms with van der Waals surface area (Å²) in [5.74, 6) is -2.07. The summed E-state index contributed by atoms with van der Waals surface area (Å²) in [5, 5.41) is 8.11. The Bertz CT molecular complexity index is 152. The van der Waals surface area contributed by atoms with Crippen molar-refractivity contribution in [3.8, 4) is 0 Å². The molecule has 1 atom stereocenters. The number of aliphatic carboxylic acids is 1. The van der Waals surface area contributed by atoms with E-state index in [9.17, 15) is 9.18 Å². The molecule has 0 amide bonds. The third-order valence-corrected chi connectivity index (χ3v) is 1.34. The quantitative estimate of drug-likeness (QED) is 0.618. The molecule has 0 spiro atoms. The van der Waals surface area contributed by atoms with Crippen LogP contribution in [0.25, 0.3) is 0 Å². The van der Waals surface area contributed by atoms with Crippen LogP contribution >= 0.6 is 0 Å². The van der Waals surface area contributed by atoms with E-state index in [1.165, 1.54) is 0 Å². The van der Waals surface area contributed by atoms with Crippen molar-refractivity contribution in [1.82, 2.24) is 0 Å².